The minimum Gasteiger partial charge on any atom is -0.166 e. The lowest BCUT2D eigenvalue weighted by Gasteiger charge is -2.13. The molecule has 0 saturated heterocycles. The van der Waals surface area contributed by atoms with Gasteiger partial charge in [-0.3, -0.25) is 0 Å². The van der Waals surface area contributed by atoms with Gasteiger partial charge in [0.25, 0.3) is 0 Å². The Bertz CT molecular complexity index is 414. The lowest BCUT2D eigenvalue weighted by atomic mass is 10.0. The Morgan fingerprint density at radius 3 is 1.59 bits per heavy atom. The van der Waals surface area contributed by atoms with Gasteiger partial charge in [-0.25, -0.2) is 0 Å². The van der Waals surface area contributed by atoms with E-state index in [1.165, 1.54) is 0 Å². The Hall–Kier alpha value is -1.64. The minimum absolute atomic E-state index is 0.0695. The van der Waals surface area contributed by atoms with Gasteiger partial charge in [-0.15, -0.1) is 12.3 Å². The van der Waals surface area contributed by atoms with Crippen molar-refractivity contribution in [1.82, 2.24) is 0 Å². The molecule has 0 aliphatic rings. The first-order chi connectivity index (χ1) is 7.64. The van der Waals surface area contributed by atoms with Gasteiger partial charge in [-0.05, 0) is 23.8 Å². The van der Waals surface area contributed by atoms with Crippen molar-refractivity contribution in [2.45, 2.75) is 18.8 Å². The summed E-state index contributed by atoms with van der Waals surface area (Å²) in [6, 6.07) is 1.31. The van der Waals surface area contributed by atoms with Gasteiger partial charge in [0, 0.05) is 6.42 Å². The Kier molecular flexibility index (Phi) is 3.41. The van der Waals surface area contributed by atoms with Crippen LogP contribution in [0.4, 0.5) is 26.3 Å². The molecule has 17 heavy (non-hydrogen) atoms. The molecule has 0 unspecified atom stereocenters. The quantitative estimate of drug-likeness (QED) is 0.525. The van der Waals surface area contributed by atoms with E-state index < -0.39 is 23.5 Å². The van der Waals surface area contributed by atoms with Crippen LogP contribution >= 0.6 is 0 Å². The largest absolute Gasteiger partial charge is 0.416 e. The number of terminal acetylenes is 1. The van der Waals surface area contributed by atoms with Crippen molar-refractivity contribution in [3.05, 3.63) is 34.9 Å². The molecule has 0 heterocycles. The monoisotopic (exact) mass is 252 g/mol. The number of halogens is 6. The van der Waals surface area contributed by atoms with Crippen LogP contribution in [-0.4, -0.2) is 0 Å². The van der Waals surface area contributed by atoms with Crippen LogP contribution in [0, 0.1) is 12.3 Å². The fourth-order valence-electron chi connectivity index (χ4n) is 1.24. The highest BCUT2D eigenvalue weighted by atomic mass is 19.4. The van der Waals surface area contributed by atoms with Crippen LogP contribution in [0.15, 0.2) is 18.2 Å². The summed E-state index contributed by atoms with van der Waals surface area (Å²) in [4.78, 5) is 0. The topological polar surface area (TPSA) is 0 Å². The third kappa shape index (κ3) is 3.41. The summed E-state index contributed by atoms with van der Waals surface area (Å²) in [5.41, 5.74) is -2.88. The standard InChI is InChI=1S/C11H6F6/c1-2-3-7-4-8(10(12,13)14)6-9(5-7)11(15,16)17/h1,4-6H,3H2. The predicted molar refractivity (Wildman–Crippen MR) is 49.0 cm³/mol. The van der Waals surface area contributed by atoms with Crippen molar-refractivity contribution >= 4 is 0 Å². The highest BCUT2D eigenvalue weighted by Gasteiger charge is 2.36. The Morgan fingerprint density at radius 1 is 0.882 bits per heavy atom. The summed E-state index contributed by atoms with van der Waals surface area (Å²) in [7, 11) is 0. The molecule has 0 saturated carbocycles. The van der Waals surface area contributed by atoms with Gasteiger partial charge in [0.1, 0.15) is 0 Å². The van der Waals surface area contributed by atoms with Gasteiger partial charge < -0.3 is 0 Å². The molecule has 0 aliphatic carbocycles. The molecule has 0 spiro atoms. The van der Waals surface area contributed by atoms with E-state index in [1.807, 2.05) is 5.92 Å². The van der Waals surface area contributed by atoms with Crippen LogP contribution in [0.25, 0.3) is 0 Å². The molecule has 1 aromatic rings. The van der Waals surface area contributed by atoms with Crippen molar-refractivity contribution in [2.24, 2.45) is 0 Å². The minimum atomic E-state index is -4.83. The summed E-state index contributed by atoms with van der Waals surface area (Å²) in [6.07, 6.45) is -5.08. The van der Waals surface area contributed by atoms with E-state index in [-0.39, 0.29) is 18.1 Å². The zero-order valence-corrected chi connectivity index (χ0v) is 8.28. The zero-order chi connectivity index (χ0) is 13.3. The molecule has 0 bridgehead atoms. The third-order valence-corrected chi connectivity index (χ3v) is 1.95. The van der Waals surface area contributed by atoms with E-state index in [0.717, 1.165) is 0 Å². The fourth-order valence-corrected chi connectivity index (χ4v) is 1.24. The van der Waals surface area contributed by atoms with Gasteiger partial charge in [-0.1, -0.05) is 0 Å². The molecule has 92 valence electrons. The van der Waals surface area contributed by atoms with E-state index in [9.17, 15) is 26.3 Å². The van der Waals surface area contributed by atoms with Gasteiger partial charge in [-0.2, -0.15) is 26.3 Å². The Labute approximate surface area is 93.2 Å². The molecule has 0 N–H and O–H groups in total. The highest BCUT2D eigenvalue weighted by molar-refractivity contribution is 5.35. The molecule has 0 radical (unpaired) electrons. The SMILES string of the molecule is C#CCc1cc(C(F)(F)F)cc(C(F)(F)F)c1. The number of hydrogen-bond donors (Lipinski definition) is 0. The molecule has 1 rings (SSSR count). The van der Waals surface area contributed by atoms with Crippen molar-refractivity contribution in [2.75, 3.05) is 0 Å². The van der Waals surface area contributed by atoms with Crippen molar-refractivity contribution < 1.29 is 26.3 Å². The smallest absolute Gasteiger partial charge is 0.166 e. The lowest BCUT2D eigenvalue weighted by Crippen LogP contribution is -2.11. The molecule has 1 aromatic carbocycles. The summed E-state index contributed by atoms with van der Waals surface area (Å²) < 4.78 is 74.1. The molecular weight excluding hydrogens is 246 g/mol. The average molecular weight is 252 g/mol. The molecule has 0 atom stereocenters. The average Bonchev–Trinajstić information content (AvgIpc) is 2.15. The maximum atomic E-state index is 12.4. The summed E-state index contributed by atoms with van der Waals surface area (Å²) in [5, 5.41) is 0. The predicted octanol–water partition coefficient (Wildman–Crippen LogP) is 3.90. The van der Waals surface area contributed by atoms with E-state index in [4.69, 9.17) is 6.42 Å². The van der Waals surface area contributed by atoms with Gasteiger partial charge in [0.05, 0.1) is 11.1 Å². The Morgan fingerprint density at radius 2 is 1.29 bits per heavy atom. The normalized spacial score (nSPS) is 12.3. The van der Waals surface area contributed by atoms with Crippen LogP contribution in [0.5, 0.6) is 0 Å². The molecule has 0 amide bonds. The van der Waals surface area contributed by atoms with Crippen molar-refractivity contribution in [3.63, 3.8) is 0 Å². The first-order valence-corrected chi connectivity index (χ1v) is 4.36. The fraction of sp³-hybridized carbons (Fsp3) is 0.273. The van der Waals surface area contributed by atoms with Crippen molar-refractivity contribution in [3.8, 4) is 12.3 Å². The number of alkyl halides is 6. The van der Waals surface area contributed by atoms with Gasteiger partial charge in [0.2, 0.25) is 0 Å². The summed E-state index contributed by atoms with van der Waals surface area (Å²) >= 11 is 0. The highest BCUT2D eigenvalue weighted by Crippen LogP contribution is 2.36. The molecule has 0 nitrogen and oxygen atoms in total. The van der Waals surface area contributed by atoms with Crippen LogP contribution in [0.2, 0.25) is 0 Å². The molecular formula is C11H6F6. The van der Waals surface area contributed by atoms with Crippen LogP contribution in [0.3, 0.4) is 0 Å². The second-order valence-corrected chi connectivity index (χ2v) is 3.30. The second kappa shape index (κ2) is 4.32. The summed E-state index contributed by atoms with van der Waals surface area (Å²) in [6.45, 7) is 0. The summed E-state index contributed by atoms with van der Waals surface area (Å²) in [5.74, 6) is 2.01. The lowest BCUT2D eigenvalue weighted by molar-refractivity contribution is -0.143. The zero-order valence-electron chi connectivity index (χ0n) is 8.28. The Balaban J connectivity index is 3.35. The van der Waals surface area contributed by atoms with E-state index in [2.05, 4.69) is 0 Å². The first kappa shape index (κ1) is 13.4. The van der Waals surface area contributed by atoms with Crippen LogP contribution < -0.4 is 0 Å². The maximum Gasteiger partial charge on any atom is 0.416 e. The van der Waals surface area contributed by atoms with E-state index >= 15 is 0 Å². The molecule has 0 aromatic heterocycles. The maximum absolute atomic E-state index is 12.4. The first-order valence-electron chi connectivity index (χ1n) is 4.36. The number of hydrogen-bond acceptors (Lipinski definition) is 0. The van der Waals surface area contributed by atoms with Gasteiger partial charge in [0.15, 0.2) is 0 Å². The molecule has 6 heteroatoms. The number of benzene rings is 1. The van der Waals surface area contributed by atoms with E-state index in [0.29, 0.717) is 12.1 Å². The van der Waals surface area contributed by atoms with Crippen LogP contribution in [0.1, 0.15) is 16.7 Å². The van der Waals surface area contributed by atoms with Gasteiger partial charge >= 0.3 is 12.4 Å². The second-order valence-electron chi connectivity index (χ2n) is 3.30. The number of rotatable bonds is 1. The molecule has 0 fully saturated rings. The van der Waals surface area contributed by atoms with Crippen molar-refractivity contribution in [1.29, 1.82) is 0 Å². The third-order valence-electron chi connectivity index (χ3n) is 1.95. The van der Waals surface area contributed by atoms with Crippen LogP contribution in [-0.2, 0) is 18.8 Å². The van der Waals surface area contributed by atoms with E-state index in [1.54, 1.807) is 0 Å². The molecule has 0 aliphatic heterocycles.